The third-order valence-electron chi connectivity index (χ3n) is 3.09. The average Bonchev–Trinajstić information content (AvgIpc) is 2.42. The number of hydrogen-bond acceptors (Lipinski definition) is 4. The maximum atomic E-state index is 13.6. The van der Waals surface area contributed by atoms with E-state index in [-0.39, 0.29) is 17.8 Å². The van der Waals surface area contributed by atoms with Crippen LogP contribution in [0.2, 0.25) is 0 Å². The molecule has 1 fully saturated rings. The maximum absolute atomic E-state index is 13.6. The maximum Gasteiger partial charge on any atom is 0.337 e. The molecule has 108 valence electrons. The quantitative estimate of drug-likeness (QED) is 0.743. The third-order valence-corrected chi connectivity index (χ3v) is 3.09. The highest BCUT2D eigenvalue weighted by atomic mass is 19.1. The van der Waals surface area contributed by atoms with Crippen LogP contribution >= 0.6 is 0 Å². The van der Waals surface area contributed by atoms with Crippen molar-refractivity contribution in [1.82, 2.24) is 10.2 Å². The normalized spacial score (nSPS) is 15.8. The third kappa shape index (κ3) is 3.52. The Hall–Kier alpha value is -1.99. The van der Waals surface area contributed by atoms with Crippen molar-refractivity contribution in [3.8, 4) is 0 Å². The Kier molecular flexibility index (Phi) is 4.65. The number of carboxylic acids is 1. The lowest BCUT2D eigenvalue weighted by Gasteiger charge is -2.26. The molecule has 1 saturated heterocycles. The summed E-state index contributed by atoms with van der Waals surface area (Å²) < 4.78 is 13.6. The number of nitrogens with one attached hydrogen (secondary N) is 2. The summed E-state index contributed by atoms with van der Waals surface area (Å²) in [7, 11) is 0. The number of piperazine rings is 1. The number of carbonyl (C=O) groups excluding carboxylic acids is 1. The first-order valence-electron chi connectivity index (χ1n) is 6.32. The molecule has 0 aromatic heterocycles. The monoisotopic (exact) mass is 281 g/mol. The molecule has 6 nitrogen and oxygen atoms in total. The zero-order valence-electron chi connectivity index (χ0n) is 10.9. The van der Waals surface area contributed by atoms with Gasteiger partial charge in [0.1, 0.15) is 5.82 Å². The number of carbonyl (C=O) groups is 2. The van der Waals surface area contributed by atoms with E-state index in [0.29, 0.717) is 0 Å². The van der Waals surface area contributed by atoms with Crippen LogP contribution in [0.25, 0.3) is 0 Å². The Balaban J connectivity index is 2.05. The Morgan fingerprint density at radius 2 is 2.05 bits per heavy atom. The van der Waals surface area contributed by atoms with E-state index in [2.05, 4.69) is 10.6 Å². The smallest absolute Gasteiger partial charge is 0.337 e. The SMILES string of the molecule is O=C(CN1CCNCC1)Nc1c(F)cccc1C(=O)O. The molecule has 0 aliphatic carbocycles. The van der Waals surface area contributed by atoms with Crippen LogP contribution < -0.4 is 10.6 Å². The lowest BCUT2D eigenvalue weighted by atomic mass is 10.1. The van der Waals surface area contributed by atoms with E-state index in [1.165, 1.54) is 12.1 Å². The molecule has 0 saturated carbocycles. The van der Waals surface area contributed by atoms with E-state index in [1.54, 1.807) is 0 Å². The fourth-order valence-electron chi connectivity index (χ4n) is 2.08. The Morgan fingerprint density at radius 1 is 1.35 bits per heavy atom. The van der Waals surface area contributed by atoms with Crippen LogP contribution in [-0.2, 0) is 4.79 Å². The summed E-state index contributed by atoms with van der Waals surface area (Å²) >= 11 is 0. The average molecular weight is 281 g/mol. The minimum atomic E-state index is -1.28. The summed E-state index contributed by atoms with van der Waals surface area (Å²) in [6, 6.07) is 3.67. The minimum absolute atomic E-state index is 0.120. The molecule has 0 atom stereocenters. The van der Waals surface area contributed by atoms with E-state index in [0.717, 1.165) is 32.2 Å². The van der Waals surface area contributed by atoms with Crippen molar-refractivity contribution < 1.29 is 19.1 Å². The number of amides is 1. The van der Waals surface area contributed by atoms with Crippen LogP contribution in [0.3, 0.4) is 0 Å². The second-order valence-electron chi connectivity index (χ2n) is 4.54. The first kappa shape index (κ1) is 14.4. The van der Waals surface area contributed by atoms with Gasteiger partial charge in [-0.25, -0.2) is 9.18 Å². The first-order valence-corrected chi connectivity index (χ1v) is 6.32. The van der Waals surface area contributed by atoms with E-state index < -0.39 is 17.7 Å². The van der Waals surface area contributed by atoms with Gasteiger partial charge in [0, 0.05) is 26.2 Å². The Morgan fingerprint density at radius 3 is 2.70 bits per heavy atom. The van der Waals surface area contributed by atoms with Gasteiger partial charge in [0.05, 0.1) is 17.8 Å². The molecule has 1 aromatic carbocycles. The zero-order chi connectivity index (χ0) is 14.5. The van der Waals surface area contributed by atoms with Crippen LogP contribution in [0.5, 0.6) is 0 Å². The molecule has 20 heavy (non-hydrogen) atoms. The number of anilines is 1. The van der Waals surface area contributed by atoms with Gasteiger partial charge < -0.3 is 15.7 Å². The highest BCUT2D eigenvalue weighted by molar-refractivity contribution is 6.01. The number of carboxylic acid groups (broad SMARTS) is 1. The second-order valence-corrected chi connectivity index (χ2v) is 4.54. The van der Waals surface area contributed by atoms with E-state index in [4.69, 9.17) is 5.11 Å². The molecule has 7 heteroatoms. The lowest BCUT2D eigenvalue weighted by molar-refractivity contribution is -0.117. The van der Waals surface area contributed by atoms with Gasteiger partial charge in [0.25, 0.3) is 0 Å². The number of nitrogens with zero attached hydrogens (tertiary/aromatic N) is 1. The highest BCUT2D eigenvalue weighted by Gasteiger charge is 2.18. The second kappa shape index (κ2) is 6.44. The Labute approximate surface area is 115 Å². The van der Waals surface area contributed by atoms with Crippen molar-refractivity contribution in [1.29, 1.82) is 0 Å². The van der Waals surface area contributed by atoms with Crippen LogP contribution in [0, 0.1) is 5.82 Å². The molecule has 1 heterocycles. The van der Waals surface area contributed by atoms with Crippen molar-refractivity contribution in [2.75, 3.05) is 38.0 Å². The molecule has 1 aliphatic rings. The summed E-state index contributed by atoms with van der Waals surface area (Å²) in [4.78, 5) is 24.8. The fraction of sp³-hybridized carbons (Fsp3) is 0.385. The number of benzene rings is 1. The molecule has 0 unspecified atom stereocenters. The summed E-state index contributed by atoms with van der Waals surface area (Å²) in [5.74, 6) is -2.44. The van der Waals surface area contributed by atoms with Gasteiger partial charge in [-0.3, -0.25) is 9.69 Å². The lowest BCUT2D eigenvalue weighted by Crippen LogP contribution is -2.46. The van der Waals surface area contributed by atoms with Crippen molar-refractivity contribution >= 4 is 17.6 Å². The number of aromatic carboxylic acids is 1. The fourth-order valence-corrected chi connectivity index (χ4v) is 2.08. The highest BCUT2D eigenvalue weighted by Crippen LogP contribution is 2.19. The van der Waals surface area contributed by atoms with Gasteiger partial charge in [-0.1, -0.05) is 6.07 Å². The van der Waals surface area contributed by atoms with Crippen LogP contribution in [-0.4, -0.2) is 54.6 Å². The molecule has 3 N–H and O–H groups in total. The molecule has 1 aromatic rings. The molecule has 0 bridgehead atoms. The standard InChI is InChI=1S/C13H16FN3O3/c14-10-3-1-2-9(13(19)20)12(10)16-11(18)8-17-6-4-15-5-7-17/h1-3,15H,4-8H2,(H,16,18)(H,19,20). The van der Waals surface area contributed by atoms with Gasteiger partial charge in [-0.2, -0.15) is 0 Å². The van der Waals surface area contributed by atoms with Crippen molar-refractivity contribution in [3.05, 3.63) is 29.6 Å². The summed E-state index contributed by atoms with van der Waals surface area (Å²) in [6.45, 7) is 3.18. The van der Waals surface area contributed by atoms with Crippen LogP contribution in [0.4, 0.5) is 10.1 Å². The number of hydrogen-bond donors (Lipinski definition) is 3. The molecule has 0 radical (unpaired) electrons. The van der Waals surface area contributed by atoms with Crippen LogP contribution in [0.15, 0.2) is 18.2 Å². The summed E-state index contributed by atoms with van der Waals surface area (Å²) in [5.41, 5.74) is -0.529. The van der Waals surface area contributed by atoms with E-state index in [1.807, 2.05) is 4.90 Å². The van der Waals surface area contributed by atoms with Gasteiger partial charge in [-0.15, -0.1) is 0 Å². The summed E-state index contributed by atoms with van der Waals surface area (Å²) in [5, 5.41) is 14.5. The predicted molar refractivity (Wildman–Crippen MR) is 71.3 cm³/mol. The molecule has 1 amide bonds. The summed E-state index contributed by atoms with van der Waals surface area (Å²) in [6.07, 6.45) is 0. The Bertz CT molecular complexity index is 516. The van der Waals surface area contributed by atoms with Crippen molar-refractivity contribution in [2.24, 2.45) is 0 Å². The number of rotatable bonds is 4. The van der Waals surface area contributed by atoms with Gasteiger partial charge in [0.15, 0.2) is 0 Å². The topological polar surface area (TPSA) is 81.7 Å². The zero-order valence-corrected chi connectivity index (χ0v) is 10.9. The number of para-hydroxylation sites is 1. The predicted octanol–water partition coefficient (Wildman–Crippen LogP) is 0.368. The molecular weight excluding hydrogens is 265 g/mol. The molecular formula is C13H16FN3O3. The van der Waals surface area contributed by atoms with E-state index >= 15 is 0 Å². The minimum Gasteiger partial charge on any atom is -0.478 e. The number of halogens is 1. The molecule has 2 rings (SSSR count). The van der Waals surface area contributed by atoms with Crippen LogP contribution in [0.1, 0.15) is 10.4 Å². The van der Waals surface area contributed by atoms with E-state index in [9.17, 15) is 14.0 Å². The first-order chi connectivity index (χ1) is 9.58. The molecule has 0 spiro atoms. The van der Waals surface area contributed by atoms with Crippen molar-refractivity contribution in [3.63, 3.8) is 0 Å². The largest absolute Gasteiger partial charge is 0.478 e. The van der Waals surface area contributed by atoms with Gasteiger partial charge in [-0.05, 0) is 12.1 Å². The molecule has 1 aliphatic heterocycles. The van der Waals surface area contributed by atoms with Crippen molar-refractivity contribution in [2.45, 2.75) is 0 Å². The van der Waals surface area contributed by atoms with Gasteiger partial charge >= 0.3 is 5.97 Å². The van der Waals surface area contributed by atoms with Gasteiger partial charge in [0.2, 0.25) is 5.91 Å².